The van der Waals surface area contributed by atoms with Crippen molar-refractivity contribution in [1.29, 1.82) is 0 Å². The number of nitrogens with zero attached hydrogens (tertiary/aromatic N) is 1. The van der Waals surface area contributed by atoms with Crippen molar-refractivity contribution < 1.29 is 17.9 Å². The normalized spacial score (nSPS) is 25.8. The molecule has 23 heavy (non-hydrogen) atoms. The summed E-state index contributed by atoms with van der Waals surface area (Å²) in [6.07, 6.45) is 2.54. The summed E-state index contributed by atoms with van der Waals surface area (Å²) in [5.41, 5.74) is 0. The monoisotopic (exact) mass is 358 g/mol. The van der Waals surface area contributed by atoms with Crippen LogP contribution in [0.2, 0.25) is 0 Å². The lowest BCUT2D eigenvalue weighted by Crippen LogP contribution is -2.33. The first-order chi connectivity index (χ1) is 11.0. The number of hydrogen-bond donors (Lipinski definition) is 1. The summed E-state index contributed by atoms with van der Waals surface area (Å²) >= 11 is 1.24. The maximum Gasteiger partial charge on any atom is 0.252 e. The summed E-state index contributed by atoms with van der Waals surface area (Å²) in [7, 11) is -3.36. The van der Waals surface area contributed by atoms with E-state index >= 15 is 0 Å². The van der Waals surface area contributed by atoms with Gasteiger partial charge in [-0.05, 0) is 38.3 Å². The third-order valence-electron chi connectivity index (χ3n) is 4.45. The van der Waals surface area contributed by atoms with Gasteiger partial charge in [0, 0.05) is 24.6 Å². The first-order valence-electron chi connectivity index (χ1n) is 7.96. The van der Waals surface area contributed by atoms with Gasteiger partial charge in [-0.2, -0.15) is 4.31 Å². The molecule has 2 aliphatic rings. The molecule has 3 rings (SSSR count). The molecule has 128 valence electrons. The van der Waals surface area contributed by atoms with Gasteiger partial charge in [0.1, 0.15) is 4.21 Å². The molecular formula is C15H22N2O4S2. The second kappa shape index (κ2) is 6.88. The van der Waals surface area contributed by atoms with Crippen LogP contribution in [-0.4, -0.2) is 44.4 Å². The van der Waals surface area contributed by atoms with E-state index < -0.39 is 10.0 Å². The number of amides is 1. The third-order valence-corrected chi connectivity index (χ3v) is 7.90. The van der Waals surface area contributed by atoms with Gasteiger partial charge in [0.15, 0.2) is 0 Å². The molecule has 0 spiro atoms. The maximum atomic E-state index is 12.5. The number of hydrogen-bond acceptors (Lipinski definition) is 5. The Kier molecular flexibility index (Phi) is 5.05. The summed E-state index contributed by atoms with van der Waals surface area (Å²) in [6.45, 7) is 4.10. The molecule has 1 N–H and O–H groups in total. The Hall–Kier alpha value is -0.960. The van der Waals surface area contributed by atoms with Crippen LogP contribution in [0.15, 0.2) is 16.3 Å². The molecule has 0 saturated carbocycles. The van der Waals surface area contributed by atoms with Gasteiger partial charge < -0.3 is 10.1 Å². The molecule has 1 aromatic rings. The number of rotatable bonds is 5. The predicted octanol–water partition coefficient (Wildman–Crippen LogP) is 1.57. The molecule has 6 nitrogen and oxygen atoms in total. The van der Waals surface area contributed by atoms with Crippen molar-refractivity contribution in [1.82, 2.24) is 9.62 Å². The average molecular weight is 358 g/mol. The SMILES string of the molecule is C[C@H]1OCC[C@@H]1C(=O)NCc1ccc(S(=O)(=O)N2CCCC2)s1. The molecule has 0 aromatic carbocycles. The van der Waals surface area contributed by atoms with Crippen molar-refractivity contribution in [3.8, 4) is 0 Å². The summed E-state index contributed by atoms with van der Waals surface area (Å²) in [4.78, 5) is 13.0. The lowest BCUT2D eigenvalue weighted by molar-refractivity contribution is -0.126. The first kappa shape index (κ1) is 16.9. The minimum Gasteiger partial charge on any atom is -0.378 e. The minimum absolute atomic E-state index is 0.0210. The van der Waals surface area contributed by atoms with Crippen LogP contribution < -0.4 is 5.32 Å². The molecular weight excluding hydrogens is 336 g/mol. The first-order valence-corrected chi connectivity index (χ1v) is 10.2. The molecule has 2 saturated heterocycles. The van der Waals surface area contributed by atoms with Gasteiger partial charge in [0.25, 0.3) is 10.0 Å². The van der Waals surface area contributed by atoms with Crippen LogP contribution >= 0.6 is 11.3 Å². The summed E-state index contributed by atoms with van der Waals surface area (Å²) in [5, 5.41) is 2.89. The number of thiophene rings is 1. The predicted molar refractivity (Wildman–Crippen MR) is 87.7 cm³/mol. The molecule has 1 aromatic heterocycles. The molecule has 0 bridgehead atoms. The molecule has 3 heterocycles. The van der Waals surface area contributed by atoms with Gasteiger partial charge in [-0.25, -0.2) is 8.42 Å². The number of carbonyl (C=O) groups excluding carboxylic acids is 1. The van der Waals surface area contributed by atoms with Crippen molar-refractivity contribution in [2.45, 2.75) is 43.0 Å². The standard InChI is InChI=1S/C15H22N2O4S2/c1-11-13(6-9-21-11)15(18)16-10-12-4-5-14(22-12)23(19,20)17-7-2-3-8-17/h4-5,11,13H,2-3,6-10H2,1H3,(H,16,18)/t11-,13+/m1/s1. The van der Waals surface area contributed by atoms with E-state index in [0.717, 1.165) is 24.1 Å². The fourth-order valence-electron chi connectivity index (χ4n) is 3.03. The van der Waals surface area contributed by atoms with E-state index in [0.29, 0.717) is 30.5 Å². The van der Waals surface area contributed by atoms with Gasteiger partial charge in [0.2, 0.25) is 5.91 Å². The number of ether oxygens (including phenoxy) is 1. The van der Waals surface area contributed by atoms with E-state index in [1.807, 2.05) is 6.92 Å². The van der Waals surface area contributed by atoms with Crippen LogP contribution in [0.3, 0.4) is 0 Å². The van der Waals surface area contributed by atoms with Crippen LogP contribution in [0.4, 0.5) is 0 Å². The van der Waals surface area contributed by atoms with Gasteiger partial charge in [-0.1, -0.05) is 0 Å². The van der Waals surface area contributed by atoms with Crippen molar-refractivity contribution in [2.24, 2.45) is 5.92 Å². The van der Waals surface area contributed by atoms with Crippen molar-refractivity contribution in [2.75, 3.05) is 19.7 Å². The zero-order chi connectivity index (χ0) is 16.4. The molecule has 0 aliphatic carbocycles. The number of carbonyl (C=O) groups is 1. The average Bonchev–Trinajstić information content (AvgIpc) is 3.25. The second-order valence-electron chi connectivity index (χ2n) is 6.02. The Morgan fingerprint density at radius 3 is 2.78 bits per heavy atom. The highest BCUT2D eigenvalue weighted by Gasteiger charge is 2.31. The van der Waals surface area contributed by atoms with Crippen molar-refractivity contribution in [3.63, 3.8) is 0 Å². The topological polar surface area (TPSA) is 75.7 Å². The quantitative estimate of drug-likeness (QED) is 0.867. The van der Waals surface area contributed by atoms with E-state index in [1.54, 1.807) is 16.4 Å². The van der Waals surface area contributed by atoms with E-state index in [9.17, 15) is 13.2 Å². The van der Waals surface area contributed by atoms with Gasteiger partial charge in [-0.15, -0.1) is 11.3 Å². The summed E-state index contributed by atoms with van der Waals surface area (Å²) < 4.78 is 32.2. The zero-order valence-electron chi connectivity index (χ0n) is 13.2. The van der Waals surface area contributed by atoms with E-state index in [2.05, 4.69) is 5.32 Å². The van der Waals surface area contributed by atoms with Crippen LogP contribution in [0.25, 0.3) is 0 Å². The van der Waals surface area contributed by atoms with E-state index in [4.69, 9.17) is 4.74 Å². The highest BCUT2D eigenvalue weighted by atomic mass is 32.2. The van der Waals surface area contributed by atoms with Crippen LogP contribution in [0.1, 0.15) is 31.1 Å². The highest BCUT2D eigenvalue weighted by Crippen LogP contribution is 2.27. The molecule has 8 heteroatoms. The molecule has 0 unspecified atom stereocenters. The van der Waals surface area contributed by atoms with E-state index in [1.165, 1.54) is 11.3 Å². The van der Waals surface area contributed by atoms with Crippen molar-refractivity contribution in [3.05, 3.63) is 17.0 Å². The lowest BCUT2D eigenvalue weighted by atomic mass is 10.0. The van der Waals surface area contributed by atoms with Crippen LogP contribution in [0, 0.1) is 5.92 Å². The molecule has 2 atom stereocenters. The molecule has 0 radical (unpaired) electrons. The minimum atomic E-state index is -3.36. The number of sulfonamides is 1. The van der Waals surface area contributed by atoms with Gasteiger partial charge in [0.05, 0.1) is 18.6 Å². The Labute approximate surface area is 140 Å². The Morgan fingerprint density at radius 1 is 1.39 bits per heavy atom. The molecule has 2 aliphatic heterocycles. The second-order valence-corrected chi connectivity index (χ2v) is 9.35. The van der Waals surface area contributed by atoms with Gasteiger partial charge in [-0.3, -0.25) is 4.79 Å². The fourth-order valence-corrected chi connectivity index (χ4v) is 6.00. The molecule has 2 fully saturated rings. The largest absolute Gasteiger partial charge is 0.378 e. The third kappa shape index (κ3) is 3.60. The summed E-state index contributed by atoms with van der Waals surface area (Å²) in [5.74, 6) is -0.130. The Bertz CT molecular complexity index is 665. The zero-order valence-corrected chi connectivity index (χ0v) is 14.8. The highest BCUT2D eigenvalue weighted by molar-refractivity contribution is 7.91. The lowest BCUT2D eigenvalue weighted by Gasteiger charge is -2.14. The van der Waals surface area contributed by atoms with Crippen LogP contribution in [0.5, 0.6) is 0 Å². The Balaban J connectivity index is 1.60. The van der Waals surface area contributed by atoms with Crippen LogP contribution in [-0.2, 0) is 26.1 Å². The fraction of sp³-hybridized carbons (Fsp3) is 0.667. The smallest absolute Gasteiger partial charge is 0.252 e. The maximum absolute atomic E-state index is 12.5. The van der Waals surface area contributed by atoms with Crippen molar-refractivity contribution >= 4 is 27.3 Å². The van der Waals surface area contributed by atoms with Gasteiger partial charge >= 0.3 is 0 Å². The van der Waals surface area contributed by atoms with E-state index in [-0.39, 0.29) is 17.9 Å². The number of nitrogens with one attached hydrogen (secondary N) is 1. The Morgan fingerprint density at radius 2 is 2.13 bits per heavy atom. The summed E-state index contributed by atoms with van der Waals surface area (Å²) in [6, 6.07) is 3.42. The molecule has 1 amide bonds.